The molecule has 0 unspecified atom stereocenters. The molecule has 1 aromatic carbocycles. The molecule has 0 atom stereocenters. The molecule has 1 aliphatic heterocycles. The molecule has 8 heteroatoms. The Morgan fingerprint density at radius 3 is 2.68 bits per heavy atom. The van der Waals surface area contributed by atoms with Gasteiger partial charge >= 0.3 is 0 Å². The van der Waals surface area contributed by atoms with E-state index < -0.39 is 0 Å². The Morgan fingerprint density at radius 2 is 2.00 bits per heavy atom. The third-order valence-electron chi connectivity index (χ3n) is 5.27. The normalized spacial score (nSPS) is 15.2. The van der Waals surface area contributed by atoms with Crippen LogP contribution >= 0.6 is 0 Å². The lowest BCUT2D eigenvalue weighted by Crippen LogP contribution is -2.48. The van der Waals surface area contributed by atoms with E-state index in [0.717, 1.165) is 35.6 Å². The first kappa shape index (κ1) is 18.4. The minimum Gasteiger partial charge on any atom is -0.335 e. The van der Waals surface area contributed by atoms with Crippen molar-refractivity contribution in [3.05, 3.63) is 59.3 Å². The highest BCUT2D eigenvalue weighted by atomic mass is 19.1. The molecular formula is C20H23FN6O. The molecule has 4 rings (SSSR count). The van der Waals surface area contributed by atoms with Gasteiger partial charge in [0, 0.05) is 51.0 Å². The van der Waals surface area contributed by atoms with Crippen molar-refractivity contribution in [2.45, 2.75) is 13.5 Å². The quantitative estimate of drug-likeness (QED) is 0.751. The number of H-pyrrole nitrogens is 1. The van der Waals surface area contributed by atoms with Gasteiger partial charge in [-0.2, -0.15) is 10.2 Å². The van der Waals surface area contributed by atoms with Crippen LogP contribution in [0.2, 0.25) is 0 Å². The van der Waals surface area contributed by atoms with Crippen molar-refractivity contribution in [3.63, 3.8) is 0 Å². The van der Waals surface area contributed by atoms with Gasteiger partial charge in [0.1, 0.15) is 11.5 Å². The topological polar surface area (TPSA) is 70.1 Å². The van der Waals surface area contributed by atoms with Gasteiger partial charge in [0.2, 0.25) is 0 Å². The van der Waals surface area contributed by atoms with Gasteiger partial charge in [0.15, 0.2) is 0 Å². The number of benzene rings is 1. The number of rotatable bonds is 4. The van der Waals surface area contributed by atoms with Gasteiger partial charge < -0.3 is 4.90 Å². The molecule has 28 heavy (non-hydrogen) atoms. The van der Waals surface area contributed by atoms with Crippen LogP contribution in [0.1, 0.15) is 21.7 Å². The van der Waals surface area contributed by atoms with Crippen LogP contribution in [0, 0.1) is 12.7 Å². The number of amides is 1. The van der Waals surface area contributed by atoms with Gasteiger partial charge in [-0.1, -0.05) is 12.1 Å². The van der Waals surface area contributed by atoms with Crippen molar-refractivity contribution >= 4 is 5.91 Å². The fraction of sp³-hybridized carbons (Fsp3) is 0.350. The first-order valence-corrected chi connectivity index (χ1v) is 9.32. The summed E-state index contributed by atoms with van der Waals surface area (Å²) in [6.45, 7) is 5.43. The predicted octanol–water partition coefficient (Wildman–Crippen LogP) is 2.22. The zero-order chi connectivity index (χ0) is 19.7. The highest BCUT2D eigenvalue weighted by Crippen LogP contribution is 2.22. The summed E-state index contributed by atoms with van der Waals surface area (Å²) in [4.78, 5) is 16.9. The van der Waals surface area contributed by atoms with E-state index >= 15 is 0 Å². The molecular weight excluding hydrogens is 359 g/mol. The number of carbonyl (C=O) groups is 1. The van der Waals surface area contributed by atoms with Gasteiger partial charge in [0.25, 0.3) is 5.91 Å². The minimum atomic E-state index is -0.217. The molecule has 2 aromatic heterocycles. The first-order chi connectivity index (χ1) is 13.5. The van der Waals surface area contributed by atoms with Gasteiger partial charge in [-0.25, -0.2) is 4.39 Å². The number of aryl methyl sites for hydroxylation is 1. The van der Waals surface area contributed by atoms with E-state index in [1.54, 1.807) is 29.1 Å². The van der Waals surface area contributed by atoms with E-state index in [0.29, 0.717) is 25.3 Å². The average molecular weight is 382 g/mol. The number of piperazine rings is 1. The molecule has 1 fully saturated rings. The van der Waals surface area contributed by atoms with E-state index in [1.807, 2.05) is 24.9 Å². The predicted molar refractivity (Wildman–Crippen MR) is 103 cm³/mol. The molecule has 0 spiro atoms. The molecule has 0 radical (unpaired) electrons. The summed E-state index contributed by atoms with van der Waals surface area (Å²) in [5.41, 5.74) is 4.06. The van der Waals surface area contributed by atoms with Crippen molar-refractivity contribution in [1.29, 1.82) is 0 Å². The molecule has 1 aliphatic rings. The summed E-state index contributed by atoms with van der Waals surface area (Å²) in [5, 5.41) is 11.4. The van der Waals surface area contributed by atoms with Crippen LogP contribution in [0.5, 0.6) is 0 Å². The maximum absolute atomic E-state index is 13.3. The van der Waals surface area contributed by atoms with Crippen LogP contribution in [0.25, 0.3) is 11.3 Å². The number of aromatic amines is 1. The molecule has 1 N–H and O–H groups in total. The van der Waals surface area contributed by atoms with Crippen LogP contribution in [0.4, 0.5) is 4.39 Å². The Kier molecular flexibility index (Phi) is 4.95. The van der Waals surface area contributed by atoms with Gasteiger partial charge in [-0.3, -0.25) is 19.5 Å². The first-order valence-electron chi connectivity index (χ1n) is 9.32. The van der Waals surface area contributed by atoms with Crippen molar-refractivity contribution in [2.75, 3.05) is 26.2 Å². The smallest absolute Gasteiger partial charge is 0.271 e. The molecule has 1 amide bonds. The number of halogens is 1. The second kappa shape index (κ2) is 7.55. The molecule has 146 valence electrons. The number of nitrogens with zero attached hydrogens (tertiary/aromatic N) is 5. The zero-order valence-corrected chi connectivity index (χ0v) is 16.0. The lowest BCUT2D eigenvalue weighted by Gasteiger charge is -2.34. The summed E-state index contributed by atoms with van der Waals surface area (Å²) in [5.74, 6) is -0.268. The summed E-state index contributed by atoms with van der Waals surface area (Å²) in [7, 11) is 1.88. The number of nitrogens with one attached hydrogen (secondary N) is 1. The Labute approximate surface area is 162 Å². The van der Waals surface area contributed by atoms with Gasteiger partial charge in [0.05, 0.1) is 11.9 Å². The summed E-state index contributed by atoms with van der Waals surface area (Å²) in [6, 6.07) is 8.44. The van der Waals surface area contributed by atoms with Crippen molar-refractivity contribution < 1.29 is 9.18 Å². The minimum absolute atomic E-state index is 0.0503. The summed E-state index contributed by atoms with van der Waals surface area (Å²) >= 11 is 0. The van der Waals surface area contributed by atoms with Gasteiger partial charge in [-0.15, -0.1) is 0 Å². The van der Waals surface area contributed by atoms with E-state index in [2.05, 4.69) is 20.2 Å². The van der Waals surface area contributed by atoms with Crippen LogP contribution in [-0.4, -0.2) is 61.9 Å². The third-order valence-corrected chi connectivity index (χ3v) is 5.27. The fourth-order valence-electron chi connectivity index (χ4n) is 3.49. The highest BCUT2D eigenvalue weighted by Gasteiger charge is 2.24. The van der Waals surface area contributed by atoms with Crippen molar-refractivity contribution in [2.24, 2.45) is 7.05 Å². The van der Waals surface area contributed by atoms with Gasteiger partial charge in [-0.05, 0) is 30.7 Å². The standard InChI is InChI=1S/C20H23FN6O/c1-14-17(12-22-25(14)2)18-11-19(24-23-18)20(28)27-8-6-26(7-9-27)13-15-4-3-5-16(21)10-15/h3-5,10-12H,6-9,13H2,1-2H3,(H,23,24). The van der Waals surface area contributed by atoms with E-state index in [4.69, 9.17) is 0 Å². The van der Waals surface area contributed by atoms with Crippen LogP contribution in [0.15, 0.2) is 36.5 Å². The summed E-state index contributed by atoms with van der Waals surface area (Å²) < 4.78 is 15.1. The molecule has 3 heterocycles. The molecule has 3 aromatic rings. The number of aromatic nitrogens is 4. The van der Waals surface area contributed by atoms with E-state index in [-0.39, 0.29) is 11.7 Å². The Hall–Kier alpha value is -3.00. The van der Waals surface area contributed by atoms with E-state index in [9.17, 15) is 9.18 Å². The Bertz CT molecular complexity index is 986. The van der Waals surface area contributed by atoms with Crippen molar-refractivity contribution in [3.8, 4) is 11.3 Å². The molecule has 7 nitrogen and oxygen atoms in total. The third kappa shape index (κ3) is 3.68. The second-order valence-corrected chi connectivity index (χ2v) is 7.13. The Morgan fingerprint density at radius 1 is 1.21 bits per heavy atom. The van der Waals surface area contributed by atoms with Crippen LogP contribution in [-0.2, 0) is 13.6 Å². The SMILES string of the molecule is Cc1c(-c2cc(C(=O)N3CCN(Cc4cccc(F)c4)CC3)[nH]n2)cnn1C. The number of hydrogen-bond acceptors (Lipinski definition) is 4. The summed E-state index contributed by atoms with van der Waals surface area (Å²) in [6.07, 6.45) is 1.75. The molecule has 0 saturated carbocycles. The number of hydrogen-bond donors (Lipinski definition) is 1. The lowest BCUT2D eigenvalue weighted by molar-refractivity contribution is 0.0622. The molecule has 1 saturated heterocycles. The average Bonchev–Trinajstić information content (AvgIpc) is 3.29. The van der Waals surface area contributed by atoms with E-state index in [1.165, 1.54) is 6.07 Å². The monoisotopic (exact) mass is 382 g/mol. The highest BCUT2D eigenvalue weighted by molar-refractivity contribution is 5.93. The largest absolute Gasteiger partial charge is 0.335 e. The lowest BCUT2D eigenvalue weighted by atomic mass is 10.1. The fourth-order valence-corrected chi connectivity index (χ4v) is 3.49. The molecule has 0 bridgehead atoms. The van der Waals surface area contributed by atoms with Crippen LogP contribution < -0.4 is 0 Å². The van der Waals surface area contributed by atoms with Crippen molar-refractivity contribution in [1.82, 2.24) is 29.8 Å². The van der Waals surface area contributed by atoms with Crippen LogP contribution in [0.3, 0.4) is 0 Å². The maximum Gasteiger partial charge on any atom is 0.271 e. The number of carbonyl (C=O) groups excluding carboxylic acids is 1. The second-order valence-electron chi connectivity index (χ2n) is 7.13. The maximum atomic E-state index is 13.3. The molecule has 0 aliphatic carbocycles. The zero-order valence-electron chi connectivity index (χ0n) is 16.0. The Balaban J connectivity index is 1.37.